The number of imidazole rings is 1. The molecule has 1 heterocycles. The molecule has 0 unspecified atom stereocenters. The Labute approximate surface area is 105 Å². The van der Waals surface area contributed by atoms with Crippen LogP contribution in [0.3, 0.4) is 0 Å². The summed E-state index contributed by atoms with van der Waals surface area (Å²) in [6.07, 6.45) is -4.58. The van der Waals surface area contributed by atoms with E-state index in [4.69, 9.17) is 0 Å². The second kappa shape index (κ2) is 4.25. The van der Waals surface area contributed by atoms with Gasteiger partial charge in [-0.2, -0.15) is 13.2 Å². The van der Waals surface area contributed by atoms with Crippen molar-refractivity contribution in [2.24, 2.45) is 5.92 Å². The highest BCUT2D eigenvalue weighted by Gasteiger charge is 2.32. The van der Waals surface area contributed by atoms with Gasteiger partial charge in [-0.3, -0.25) is 4.79 Å². The molecule has 4 nitrogen and oxygen atoms in total. The van der Waals surface area contributed by atoms with Crippen molar-refractivity contribution in [3.63, 3.8) is 0 Å². The van der Waals surface area contributed by atoms with Crippen LogP contribution in [0.5, 0.6) is 0 Å². The lowest BCUT2D eigenvalue weighted by molar-refractivity contribution is -0.137. The van der Waals surface area contributed by atoms with Crippen molar-refractivity contribution < 1.29 is 18.0 Å². The fourth-order valence-corrected chi connectivity index (χ4v) is 1.81. The smallest absolute Gasteiger partial charge is 0.306 e. The first-order chi connectivity index (χ1) is 8.70. The maximum Gasteiger partial charge on any atom is 0.416 e. The van der Waals surface area contributed by atoms with Crippen molar-refractivity contribution in [2.75, 3.05) is 0 Å². The van der Waals surface area contributed by atoms with E-state index in [-0.39, 0.29) is 16.6 Å². The number of Topliss-reactive ketones (excluding diaryl/α,β-unsaturated/α-hetero) is 1. The van der Waals surface area contributed by atoms with Crippen molar-refractivity contribution in [1.29, 1.82) is 0 Å². The van der Waals surface area contributed by atoms with Crippen LogP contribution in [0, 0.1) is 5.92 Å². The molecule has 0 saturated carbocycles. The normalized spacial score (nSPS) is 12.3. The number of fused-ring (bicyclic) bond motifs is 1. The molecular weight excluding hydrogens is 261 g/mol. The molecule has 19 heavy (non-hydrogen) atoms. The monoisotopic (exact) mass is 272 g/mol. The zero-order valence-corrected chi connectivity index (χ0v) is 10.2. The third kappa shape index (κ3) is 2.40. The summed E-state index contributed by atoms with van der Waals surface area (Å²) in [6, 6.07) is 1.58. The Morgan fingerprint density at radius 1 is 1.21 bits per heavy atom. The SMILES string of the molecule is CC(C)C(=O)c1cc(C(F)(F)F)cc2[nH]c(=O)[nH]c12. The third-order valence-corrected chi connectivity index (χ3v) is 2.74. The number of hydrogen-bond donors (Lipinski definition) is 2. The van der Waals surface area contributed by atoms with Crippen LogP contribution in [-0.4, -0.2) is 15.8 Å². The Morgan fingerprint density at radius 3 is 2.37 bits per heavy atom. The minimum absolute atomic E-state index is 0.0242. The summed E-state index contributed by atoms with van der Waals surface area (Å²) in [5.74, 6) is -0.920. The standard InChI is InChI=1S/C12H11F3N2O2/c1-5(2)10(18)7-3-6(12(13,14)15)4-8-9(7)17-11(19)16-8/h3-5H,1-2H3,(H2,16,17,19). The van der Waals surface area contributed by atoms with E-state index in [1.807, 2.05) is 0 Å². The molecule has 1 aromatic heterocycles. The van der Waals surface area contributed by atoms with Crippen LogP contribution in [0.15, 0.2) is 16.9 Å². The quantitative estimate of drug-likeness (QED) is 0.825. The van der Waals surface area contributed by atoms with E-state index in [1.54, 1.807) is 13.8 Å². The lowest BCUT2D eigenvalue weighted by Crippen LogP contribution is -2.12. The molecule has 0 atom stereocenters. The first-order valence-corrected chi connectivity index (χ1v) is 5.57. The lowest BCUT2D eigenvalue weighted by Gasteiger charge is -2.10. The molecule has 2 aromatic rings. The maximum absolute atomic E-state index is 12.8. The number of benzene rings is 1. The molecule has 2 N–H and O–H groups in total. The van der Waals surface area contributed by atoms with Gasteiger partial charge in [-0.1, -0.05) is 13.8 Å². The highest BCUT2D eigenvalue weighted by molar-refractivity contribution is 6.07. The van der Waals surface area contributed by atoms with Gasteiger partial charge in [-0.25, -0.2) is 4.79 Å². The largest absolute Gasteiger partial charge is 0.416 e. The number of carbonyl (C=O) groups excluding carboxylic acids is 1. The number of nitrogens with one attached hydrogen (secondary N) is 2. The first-order valence-electron chi connectivity index (χ1n) is 5.57. The number of halogens is 3. The van der Waals surface area contributed by atoms with Crippen molar-refractivity contribution in [3.05, 3.63) is 33.7 Å². The second-order valence-electron chi connectivity index (χ2n) is 4.54. The average molecular weight is 272 g/mol. The Kier molecular flexibility index (Phi) is 3.00. The van der Waals surface area contributed by atoms with E-state index in [0.717, 1.165) is 12.1 Å². The van der Waals surface area contributed by atoms with E-state index >= 15 is 0 Å². The highest BCUT2D eigenvalue weighted by Crippen LogP contribution is 2.32. The molecule has 2 rings (SSSR count). The van der Waals surface area contributed by atoms with Crippen molar-refractivity contribution in [2.45, 2.75) is 20.0 Å². The zero-order chi connectivity index (χ0) is 14.4. The predicted octanol–water partition coefficient (Wildman–Crippen LogP) is 2.71. The minimum atomic E-state index is -4.58. The van der Waals surface area contributed by atoms with Gasteiger partial charge in [0.15, 0.2) is 5.78 Å². The van der Waals surface area contributed by atoms with Gasteiger partial charge in [0, 0.05) is 11.5 Å². The van der Waals surface area contributed by atoms with Crippen molar-refractivity contribution in [1.82, 2.24) is 9.97 Å². The maximum atomic E-state index is 12.8. The van der Waals surface area contributed by atoms with Crippen LogP contribution in [0.1, 0.15) is 29.8 Å². The summed E-state index contributed by atoms with van der Waals surface area (Å²) in [4.78, 5) is 27.7. The molecule has 0 aliphatic rings. The fraction of sp³-hybridized carbons (Fsp3) is 0.333. The van der Waals surface area contributed by atoms with Crippen LogP contribution >= 0.6 is 0 Å². The Morgan fingerprint density at radius 2 is 1.84 bits per heavy atom. The summed E-state index contributed by atoms with van der Waals surface area (Å²) < 4.78 is 38.3. The molecule has 102 valence electrons. The van der Waals surface area contributed by atoms with Crippen LogP contribution in [-0.2, 0) is 6.18 Å². The van der Waals surface area contributed by atoms with E-state index in [9.17, 15) is 22.8 Å². The number of ketones is 1. The molecule has 0 fully saturated rings. The van der Waals surface area contributed by atoms with E-state index in [2.05, 4.69) is 9.97 Å². The molecule has 0 radical (unpaired) electrons. The topological polar surface area (TPSA) is 65.7 Å². The molecule has 0 saturated heterocycles. The third-order valence-electron chi connectivity index (χ3n) is 2.74. The molecule has 0 bridgehead atoms. The van der Waals surface area contributed by atoms with Gasteiger partial charge in [0.2, 0.25) is 0 Å². The molecule has 7 heteroatoms. The zero-order valence-electron chi connectivity index (χ0n) is 10.2. The number of carbonyl (C=O) groups is 1. The van der Waals surface area contributed by atoms with Crippen molar-refractivity contribution in [3.8, 4) is 0 Å². The number of H-pyrrole nitrogens is 2. The molecule has 0 aliphatic carbocycles. The van der Waals surface area contributed by atoms with E-state index in [1.165, 1.54) is 0 Å². The number of rotatable bonds is 2. The predicted molar refractivity (Wildman–Crippen MR) is 63.1 cm³/mol. The van der Waals surface area contributed by atoms with Gasteiger partial charge in [-0.15, -0.1) is 0 Å². The number of alkyl halides is 3. The fourth-order valence-electron chi connectivity index (χ4n) is 1.81. The van der Waals surface area contributed by atoms with Gasteiger partial charge >= 0.3 is 11.9 Å². The second-order valence-corrected chi connectivity index (χ2v) is 4.54. The summed E-state index contributed by atoms with van der Waals surface area (Å²) in [7, 11) is 0. The average Bonchev–Trinajstić information content (AvgIpc) is 2.65. The molecule has 0 spiro atoms. The Hall–Kier alpha value is -2.05. The van der Waals surface area contributed by atoms with Gasteiger partial charge < -0.3 is 9.97 Å². The Bertz CT molecular complexity index is 695. The highest BCUT2D eigenvalue weighted by atomic mass is 19.4. The van der Waals surface area contributed by atoms with Crippen LogP contribution in [0.25, 0.3) is 11.0 Å². The van der Waals surface area contributed by atoms with Gasteiger partial charge in [-0.05, 0) is 12.1 Å². The number of aromatic nitrogens is 2. The van der Waals surface area contributed by atoms with Gasteiger partial charge in [0.25, 0.3) is 0 Å². The van der Waals surface area contributed by atoms with Crippen LogP contribution < -0.4 is 5.69 Å². The molecule has 0 amide bonds. The van der Waals surface area contributed by atoms with Crippen LogP contribution in [0.4, 0.5) is 13.2 Å². The lowest BCUT2D eigenvalue weighted by atomic mass is 9.97. The minimum Gasteiger partial charge on any atom is -0.306 e. The van der Waals surface area contributed by atoms with Crippen molar-refractivity contribution >= 4 is 16.8 Å². The molecular formula is C12H11F3N2O2. The summed E-state index contributed by atoms with van der Waals surface area (Å²) in [6.45, 7) is 3.17. The summed E-state index contributed by atoms with van der Waals surface area (Å²) in [5.41, 5.74) is -1.65. The van der Waals surface area contributed by atoms with E-state index in [0.29, 0.717) is 0 Å². The Balaban J connectivity index is 2.79. The summed E-state index contributed by atoms with van der Waals surface area (Å²) in [5, 5.41) is 0. The summed E-state index contributed by atoms with van der Waals surface area (Å²) >= 11 is 0. The molecule has 1 aromatic carbocycles. The number of hydrogen-bond acceptors (Lipinski definition) is 2. The molecule has 0 aliphatic heterocycles. The first kappa shape index (κ1) is 13.4. The van der Waals surface area contributed by atoms with E-state index < -0.39 is 29.1 Å². The van der Waals surface area contributed by atoms with Gasteiger partial charge in [0.1, 0.15) is 0 Å². The van der Waals surface area contributed by atoms with Crippen LogP contribution in [0.2, 0.25) is 0 Å². The number of aromatic amines is 2. The van der Waals surface area contributed by atoms with Gasteiger partial charge in [0.05, 0.1) is 16.6 Å².